The molecule has 0 radical (unpaired) electrons. The number of ether oxygens (including phenoxy) is 1. The van der Waals surface area contributed by atoms with Crippen molar-refractivity contribution >= 4 is 11.6 Å². The van der Waals surface area contributed by atoms with Gasteiger partial charge in [0, 0.05) is 6.07 Å². The van der Waals surface area contributed by atoms with Crippen molar-refractivity contribution in [2.24, 2.45) is 0 Å². The predicted molar refractivity (Wildman–Crippen MR) is 61.8 cm³/mol. The van der Waals surface area contributed by atoms with Crippen LogP contribution in [0.1, 0.15) is 32.7 Å². The molecule has 2 heterocycles. The lowest BCUT2D eigenvalue weighted by Gasteiger charge is -2.32. The van der Waals surface area contributed by atoms with Crippen molar-refractivity contribution in [3.05, 3.63) is 27.6 Å². The molecule has 1 aromatic rings. The Balaban J connectivity index is 2.29. The van der Waals surface area contributed by atoms with Gasteiger partial charge in [0.1, 0.15) is 5.15 Å². The maximum absolute atomic E-state index is 11.7. The van der Waals surface area contributed by atoms with Crippen LogP contribution in [0, 0.1) is 0 Å². The van der Waals surface area contributed by atoms with Crippen molar-refractivity contribution in [3.63, 3.8) is 0 Å². The molecule has 0 spiro atoms. The summed E-state index contributed by atoms with van der Waals surface area (Å²) in [6.07, 6.45) is 1.91. The quantitative estimate of drug-likeness (QED) is 0.757. The highest BCUT2D eigenvalue weighted by molar-refractivity contribution is 6.29. The summed E-state index contributed by atoms with van der Waals surface area (Å²) < 4.78 is 7.12. The maximum Gasteiger partial charge on any atom is 0.267 e. The van der Waals surface area contributed by atoms with Crippen molar-refractivity contribution in [1.29, 1.82) is 0 Å². The van der Waals surface area contributed by atoms with E-state index in [2.05, 4.69) is 5.10 Å². The zero-order valence-corrected chi connectivity index (χ0v) is 10.1. The molecule has 1 fully saturated rings. The van der Waals surface area contributed by atoms with Crippen molar-refractivity contribution < 1.29 is 4.74 Å². The molecule has 1 unspecified atom stereocenters. The lowest BCUT2D eigenvalue weighted by molar-refractivity contribution is -0.0514. The average Bonchev–Trinajstić information content (AvgIpc) is 2.20. The van der Waals surface area contributed by atoms with Crippen molar-refractivity contribution in [1.82, 2.24) is 9.78 Å². The molecule has 3 atom stereocenters. The third-order valence-corrected chi connectivity index (χ3v) is 3.01. The lowest BCUT2D eigenvalue weighted by Crippen LogP contribution is -2.36. The normalized spacial score (nSPS) is 30.3. The SMILES string of the molecule is C[C@@H]1CC(n2nc(Cl)ccc2=O)C[C@H](C)O1. The van der Waals surface area contributed by atoms with Crippen molar-refractivity contribution in [3.8, 4) is 0 Å². The van der Waals surface area contributed by atoms with E-state index >= 15 is 0 Å². The Bertz CT molecular complexity index is 422. The van der Waals surface area contributed by atoms with Gasteiger partial charge in [0.05, 0.1) is 18.2 Å². The van der Waals surface area contributed by atoms with Gasteiger partial charge in [-0.2, -0.15) is 5.10 Å². The molecular formula is C11H15ClN2O2. The van der Waals surface area contributed by atoms with Crippen LogP contribution in [-0.4, -0.2) is 22.0 Å². The van der Waals surface area contributed by atoms with E-state index in [9.17, 15) is 4.79 Å². The first-order valence-corrected chi connectivity index (χ1v) is 5.85. The molecule has 5 heteroatoms. The molecular weight excluding hydrogens is 228 g/mol. The standard InChI is InChI=1S/C11H15ClN2O2/c1-7-5-9(6-8(2)16-7)14-11(15)4-3-10(12)13-14/h3-4,7-9H,5-6H2,1-2H3/t7-,8+,9?. The van der Waals surface area contributed by atoms with Gasteiger partial charge in [-0.05, 0) is 32.8 Å². The van der Waals surface area contributed by atoms with Crippen LogP contribution in [0.5, 0.6) is 0 Å². The molecule has 0 aliphatic carbocycles. The van der Waals surface area contributed by atoms with E-state index in [0.717, 1.165) is 12.8 Å². The minimum Gasteiger partial charge on any atom is -0.375 e. The molecule has 0 amide bonds. The summed E-state index contributed by atoms with van der Waals surface area (Å²) in [5.41, 5.74) is -0.101. The van der Waals surface area contributed by atoms with E-state index in [1.165, 1.54) is 16.8 Å². The summed E-state index contributed by atoms with van der Waals surface area (Å²) in [5, 5.41) is 4.43. The van der Waals surface area contributed by atoms with E-state index in [1.54, 1.807) is 0 Å². The van der Waals surface area contributed by atoms with Gasteiger partial charge in [0.2, 0.25) is 0 Å². The van der Waals surface area contributed by atoms with E-state index in [4.69, 9.17) is 16.3 Å². The van der Waals surface area contributed by atoms with Gasteiger partial charge in [-0.3, -0.25) is 4.79 Å². The number of rotatable bonds is 1. The number of hydrogen-bond donors (Lipinski definition) is 0. The molecule has 1 aliphatic rings. The fourth-order valence-electron chi connectivity index (χ4n) is 2.23. The first-order valence-electron chi connectivity index (χ1n) is 5.47. The second kappa shape index (κ2) is 4.55. The second-order valence-corrected chi connectivity index (χ2v) is 4.71. The van der Waals surface area contributed by atoms with Crippen LogP contribution in [0.3, 0.4) is 0 Å². The highest BCUT2D eigenvalue weighted by atomic mass is 35.5. The van der Waals surface area contributed by atoms with Crippen LogP contribution in [-0.2, 0) is 4.74 Å². The molecule has 0 N–H and O–H groups in total. The Morgan fingerprint density at radius 2 is 2.00 bits per heavy atom. The number of hydrogen-bond acceptors (Lipinski definition) is 3. The molecule has 88 valence electrons. The minimum atomic E-state index is -0.101. The van der Waals surface area contributed by atoms with Crippen LogP contribution in [0.4, 0.5) is 0 Å². The van der Waals surface area contributed by atoms with Gasteiger partial charge < -0.3 is 4.74 Å². The number of nitrogens with zero attached hydrogens (tertiary/aromatic N) is 2. The van der Waals surface area contributed by atoms with Crippen LogP contribution < -0.4 is 5.56 Å². The highest BCUT2D eigenvalue weighted by Gasteiger charge is 2.26. The molecule has 1 aromatic heterocycles. The summed E-state index contributed by atoms with van der Waals surface area (Å²) in [4.78, 5) is 11.7. The molecule has 2 rings (SSSR count). The first-order chi connectivity index (χ1) is 7.56. The monoisotopic (exact) mass is 242 g/mol. The van der Waals surface area contributed by atoms with Gasteiger partial charge >= 0.3 is 0 Å². The zero-order valence-electron chi connectivity index (χ0n) is 9.39. The molecule has 1 aliphatic heterocycles. The average molecular weight is 243 g/mol. The fraction of sp³-hybridized carbons (Fsp3) is 0.636. The summed E-state index contributed by atoms with van der Waals surface area (Å²) in [5.74, 6) is 0. The van der Waals surface area contributed by atoms with E-state index in [0.29, 0.717) is 5.15 Å². The second-order valence-electron chi connectivity index (χ2n) is 4.32. The summed E-state index contributed by atoms with van der Waals surface area (Å²) in [6.45, 7) is 4.02. The number of halogens is 1. The predicted octanol–water partition coefficient (Wildman–Crippen LogP) is 2.03. The lowest BCUT2D eigenvalue weighted by atomic mass is 10.00. The Kier molecular flexibility index (Phi) is 3.30. The Morgan fingerprint density at radius 3 is 2.62 bits per heavy atom. The summed E-state index contributed by atoms with van der Waals surface area (Å²) in [7, 11) is 0. The molecule has 1 saturated heterocycles. The van der Waals surface area contributed by atoms with Gasteiger partial charge in [-0.1, -0.05) is 11.6 Å². The molecule has 16 heavy (non-hydrogen) atoms. The topological polar surface area (TPSA) is 44.1 Å². The third-order valence-electron chi connectivity index (χ3n) is 2.81. The van der Waals surface area contributed by atoms with Gasteiger partial charge in [0.15, 0.2) is 0 Å². The zero-order chi connectivity index (χ0) is 11.7. The first kappa shape index (κ1) is 11.6. The van der Waals surface area contributed by atoms with Gasteiger partial charge in [0.25, 0.3) is 5.56 Å². The van der Waals surface area contributed by atoms with E-state index in [-0.39, 0.29) is 23.8 Å². The molecule has 0 bridgehead atoms. The molecule has 4 nitrogen and oxygen atoms in total. The van der Waals surface area contributed by atoms with Crippen LogP contribution in [0.25, 0.3) is 0 Å². The maximum atomic E-state index is 11.7. The summed E-state index contributed by atoms with van der Waals surface area (Å²) >= 11 is 5.81. The van der Waals surface area contributed by atoms with Crippen molar-refractivity contribution in [2.45, 2.75) is 44.9 Å². The Hall–Kier alpha value is -0.870. The smallest absolute Gasteiger partial charge is 0.267 e. The van der Waals surface area contributed by atoms with Crippen LogP contribution >= 0.6 is 11.6 Å². The van der Waals surface area contributed by atoms with Gasteiger partial charge in [-0.15, -0.1) is 0 Å². The Morgan fingerprint density at radius 1 is 1.38 bits per heavy atom. The molecule has 0 saturated carbocycles. The van der Waals surface area contributed by atoms with E-state index < -0.39 is 0 Å². The van der Waals surface area contributed by atoms with Crippen LogP contribution in [0.15, 0.2) is 16.9 Å². The van der Waals surface area contributed by atoms with E-state index in [1.807, 2.05) is 13.8 Å². The third kappa shape index (κ3) is 2.44. The molecule has 0 aromatic carbocycles. The van der Waals surface area contributed by atoms with Crippen LogP contribution in [0.2, 0.25) is 5.15 Å². The van der Waals surface area contributed by atoms with Gasteiger partial charge in [-0.25, -0.2) is 4.68 Å². The largest absolute Gasteiger partial charge is 0.375 e. The highest BCUT2D eigenvalue weighted by Crippen LogP contribution is 2.27. The van der Waals surface area contributed by atoms with Crippen molar-refractivity contribution in [2.75, 3.05) is 0 Å². The summed E-state index contributed by atoms with van der Waals surface area (Å²) in [6, 6.07) is 3.07. The Labute approximate surface area is 99.2 Å². The minimum absolute atomic E-state index is 0.0879. The fourth-order valence-corrected chi connectivity index (χ4v) is 2.38. The number of aromatic nitrogens is 2.